The Hall–Kier alpha value is -2.14. The van der Waals surface area contributed by atoms with E-state index in [1.54, 1.807) is 19.2 Å². The average molecular weight is 289 g/mol. The molecule has 5 heteroatoms. The lowest BCUT2D eigenvalue weighted by molar-refractivity contribution is 0.0696. The summed E-state index contributed by atoms with van der Waals surface area (Å²) in [5.41, 5.74) is 0.880. The van der Waals surface area contributed by atoms with Crippen LogP contribution in [0.4, 0.5) is 5.69 Å². The molecule has 1 amide bonds. The molecule has 1 N–H and O–H groups in total. The third kappa shape index (κ3) is 2.88. The highest BCUT2D eigenvalue weighted by Crippen LogP contribution is 2.22. The minimum Gasteiger partial charge on any atom is -0.478 e. The zero-order chi connectivity index (χ0) is 14.7. The second-order valence-electron chi connectivity index (χ2n) is 4.34. The molecule has 0 aliphatic heterocycles. The van der Waals surface area contributed by atoms with Crippen LogP contribution in [0.5, 0.6) is 0 Å². The summed E-state index contributed by atoms with van der Waals surface area (Å²) in [6, 6.07) is 10.0. The minimum atomic E-state index is -0.976. The van der Waals surface area contributed by atoms with E-state index in [2.05, 4.69) is 6.92 Å². The molecular formula is C15H15NO3S. The van der Waals surface area contributed by atoms with E-state index in [0.29, 0.717) is 10.6 Å². The van der Waals surface area contributed by atoms with Crippen molar-refractivity contribution < 1.29 is 14.7 Å². The summed E-state index contributed by atoms with van der Waals surface area (Å²) in [6.45, 7) is 2.05. The molecule has 0 saturated carbocycles. The molecular weight excluding hydrogens is 274 g/mol. The maximum atomic E-state index is 12.3. The summed E-state index contributed by atoms with van der Waals surface area (Å²) >= 11 is 1.49. The van der Waals surface area contributed by atoms with Crippen molar-refractivity contribution in [3.05, 3.63) is 51.7 Å². The Kier molecular flexibility index (Phi) is 4.20. The topological polar surface area (TPSA) is 57.6 Å². The SMILES string of the molecule is CCc1ccc(C(=O)N(C)c2ccc(C(=O)O)cc2)s1. The number of carbonyl (C=O) groups is 2. The standard InChI is InChI=1S/C15H15NO3S/c1-3-12-8-9-13(20-12)14(17)16(2)11-6-4-10(5-7-11)15(18)19/h4-9H,3H2,1-2H3,(H,18,19). The lowest BCUT2D eigenvalue weighted by atomic mass is 10.2. The zero-order valence-corrected chi connectivity index (χ0v) is 12.1. The summed E-state index contributed by atoms with van der Waals surface area (Å²) in [4.78, 5) is 26.5. The fraction of sp³-hybridized carbons (Fsp3) is 0.200. The molecule has 20 heavy (non-hydrogen) atoms. The van der Waals surface area contributed by atoms with Gasteiger partial charge in [0.15, 0.2) is 0 Å². The maximum Gasteiger partial charge on any atom is 0.335 e. The van der Waals surface area contributed by atoms with E-state index < -0.39 is 5.97 Å². The largest absolute Gasteiger partial charge is 0.478 e. The fourth-order valence-corrected chi connectivity index (χ4v) is 2.72. The summed E-state index contributed by atoms with van der Waals surface area (Å²) in [7, 11) is 1.68. The number of hydrogen-bond donors (Lipinski definition) is 1. The van der Waals surface area contributed by atoms with Crippen LogP contribution in [0.25, 0.3) is 0 Å². The van der Waals surface area contributed by atoms with Crippen LogP contribution < -0.4 is 4.90 Å². The lowest BCUT2D eigenvalue weighted by Crippen LogP contribution is -2.25. The number of carboxylic acid groups (broad SMARTS) is 1. The van der Waals surface area contributed by atoms with E-state index in [9.17, 15) is 9.59 Å². The molecule has 0 spiro atoms. The minimum absolute atomic E-state index is 0.0854. The third-order valence-electron chi connectivity index (χ3n) is 3.03. The first-order valence-electron chi connectivity index (χ1n) is 6.23. The molecule has 0 aliphatic carbocycles. The number of hydrogen-bond acceptors (Lipinski definition) is 3. The van der Waals surface area contributed by atoms with Crippen molar-refractivity contribution in [3.8, 4) is 0 Å². The number of benzene rings is 1. The van der Waals surface area contributed by atoms with Gasteiger partial charge in [-0.2, -0.15) is 0 Å². The highest BCUT2D eigenvalue weighted by atomic mass is 32.1. The highest BCUT2D eigenvalue weighted by Gasteiger charge is 2.15. The Labute approximate surface area is 121 Å². The number of aryl methyl sites for hydroxylation is 1. The van der Waals surface area contributed by atoms with E-state index in [1.165, 1.54) is 33.2 Å². The first-order valence-corrected chi connectivity index (χ1v) is 7.04. The van der Waals surface area contributed by atoms with Gasteiger partial charge in [-0.25, -0.2) is 4.79 Å². The summed E-state index contributed by atoms with van der Waals surface area (Å²) in [6.07, 6.45) is 0.912. The molecule has 0 bridgehead atoms. The van der Waals surface area contributed by atoms with Gasteiger partial charge in [-0.05, 0) is 42.8 Å². The van der Waals surface area contributed by atoms with Gasteiger partial charge in [0, 0.05) is 17.6 Å². The van der Waals surface area contributed by atoms with Gasteiger partial charge in [-0.3, -0.25) is 4.79 Å². The number of nitrogens with zero attached hydrogens (tertiary/aromatic N) is 1. The van der Waals surface area contributed by atoms with Crippen LogP contribution in [-0.2, 0) is 6.42 Å². The predicted octanol–water partition coefficient (Wildman–Crippen LogP) is 3.29. The Bertz CT molecular complexity index is 631. The number of carbonyl (C=O) groups excluding carboxylic acids is 1. The predicted molar refractivity (Wildman–Crippen MR) is 79.8 cm³/mol. The number of aromatic carboxylic acids is 1. The van der Waals surface area contributed by atoms with Crippen molar-refractivity contribution in [2.45, 2.75) is 13.3 Å². The van der Waals surface area contributed by atoms with Crippen LogP contribution in [0.2, 0.25) is 0 Å². The quantitative estimate of drug-likeness (QED) is 0.939. The van der Waals surface area contributed by atoms with Crippen molar-refractivity contribution in [1.82, 2.24) is 0 Å². The van der Waals surface area contributed by atoms with Gasteiger partial charge in [0.2, 0.25) is 0 Å². The fourth-order valence-electron chi connectivity index (χ4n) is 1.79. The van der Waals surface area contributed by atoms with Gasteiger partial charge in [-0.1, -0.05) is 6.92 Å². The lowest BCUT2D eigenvalue weighted by Gasteiger charge is -2.16. The van der Waals surface area contributed by atoms with Crippen molar-refractivity contribution in [2.75, 3.05) is 11.9 Å². The Balaban J connectivity index is 2.19. The van der Waals surface area contributed by atoms with Crippen LogP contribution in [0.15, 0.2) is 36.4 Å². The molecule has 104 valence electrons. The smallest absolute Gasteiger partial charge is 0.335 e. The monoisotopic (exact) mass is 289 g/mol. The van der Waals surface area contributed by atoms with E-state index in [1.807, 2.05) is 12.1 Å². The van der Waals surface area contributed by atoms with E-state index >= 15 is 0 Å². The van der Waals surface area contributed by atoms with Gasteiger partial charge in [0.25, 0.3) is 5.91 Å². The van der Waals surface area contributed by atoms with E-state index in [0.717, 1.165) is 6.42 Å². The number of rotatable bonds is 4. The summed E-state index contributed by atoms with van der Waals surface area (Å²) < 4.78 is 0. The molecule has 2 aromatic rings. The van der Waals surface area contributed by atoms with Crippen LogP contribution >= 0.6 is 11.3 Å². The van der Waals surface area contributed by atoms with Crippen molar-refractivity contribution in [1.29, 1.82) is 0 Å². The molecule has 0 atom stereocenters. The molecule has 0 aliphatic rings. The van der Waals surface area contributed by atoms with Crippen molar-refractivity contribution in [3.63, 3.8) is 0 Å². The Morgan fingerprint density at radius 2 is 1.80 bits per heavy atom. The molecule has 0 unspecified atom stereocenters. The maximum absolute atomic E-state index is 12.3. The van der Waals surface area contributed by atoms with Gasteiger partial charge < -0.3 is 10.0 Å². The van der Waals surface area contributed by atoms with Crippen molar-refractivity contribution >= 4 is 28.9 Å². The molecule has 0 saturated heterocycles. The van der Waals surface area contributed by atoms with Crippen LogP contribution in [0, 0.1) is 0 Å². The second kappa shape index (κ2) is 5.88. The summed E-state index contributed by atoms with van der Waals surface area (Å²) in [5, 5.41) is 8.85. The zero-order valence-electron chi connectivity index (χ0n) is 11.3. The molecule has 1 aromatic heterocycles. The van der Waals surface area contributed by atoms with Crippen LogP contribution in [0.3, 0.4) is 0 Å². The van der Waals surface area contributed by atoms with Crippen molar-refractivity contribution in [2.24, 2.45) is 0 Å². The average Bonchev–Trinajstić information content (AvgIpc) is 2.94. The molecule has 1 heterocycles. The number of thiophene rings is 1. The molecule has 4 nitrogen and oxygen atoms in total. The first kappa shape index (κ1) is 14.3. The Morgan fingerprint density at radius 3 is 2.30 bits per heavy atom. The van der Waals surface area contributed by atoms with E-state index in [-0.39, 0.29) is 11.5 Å². The second-order valence-corrected chi connectivity index (χ2v) is 5.50. The van der Waals surface area contributed by atoms with Crippen LogP contribution in [-0.4, -0.2) is 24.0 Å². The molecule has 0 radical (unpaired) electrons. The third-order valence-corrected chi connectivity index (χ3v) is 4.24. The van der Waals surface area contributed by atoms with Gasteiger partial charge in [0.1, 0.15) is 0 Å². The number of carboxylic acids is 1. The number of amides is 1. The van der Waals surface area contributed by atoms with Gasteiger partial charge in [-0.15, -0.1) is 11.3 Å². The highest BCUT2D eigenvalue weighted by molar-refractivity contribution is 7.14. The summed E-state index contributed by atoms with van der Waals surface area (Å²) in [5.74, 6) is -1.06. The van der Waals surface area contributed by atoms with Crippen LogP contribution in [0.1, 0.15) is 31.8 Å². The molecule has 0 fully saturated rings. The molecule has 2 rings (SSSR count). The van der Waals surface area contributed by atoms with Gasteiger partial charge >= 0.3 is 5.97 Å². The first-order chi connectivity index (χ1) is 9.52. The molecule has 1 aromatic carbocycles. The Morgan fingerprint density at radius 1 is 1.15 bits per heavy atom. The van der Waals surface area contributed by atoms with Gasteiger partial charge in [0.05, 0.1) is 10.4 Å². The van der Waals surface area contributed by atoms with E-state index in [4.69, 9.17) is 5.11 Å². The number of anilines is 1. The normalized spacial score (nSPS) is 10.3.